The Morgan fingerprint density at radius 3 is 2.79 bits per heavy atom. The highest BCUT2D eigenvalue weighted by Gasteiger charge is 2.06. The Morgan fingerprint density at radius 2 is 2.16 bits per heavy atom. The zero-order valence-electron chi connectivity index (χ0n) is 9.94. The first-order chi connectivity index (χ1) is 9.02. The van der Waals surface area contributed by atoms with Crippen molar-refractivity contribution in [1.29, 1.82) is 5.26 Å². The smallest absolute Gasteiger partial charge is 0.319 e. The Kier molecular flexibility index (Phi) is 5.29. The van der Waals surface area contributed by atoms with Gasteiger partial charge in [-0.2, -0.15) is 5.26 Å². The monoisotopic (exact) mass is 265 g/mol. The third-order valence-electron chi connectivity index (χ3n) is 2.20. The fraction of sp³-hybridized carbons (Fsp3) is 0.250. The first kappa shape index (κ1) is 14.4. The van der Waals surface area contributed by atoms with Crippen LogP contribution in [0.25, 0.3) is 0 Å². The molecular formula is C12H12FN3O3. The standard InChI is InChI=1S/C12H12FN3O3/c13-10-4-3-9(6-8(10)7-14)16-12(19)15-5-1-2-11(17)18/h3-4,6H,1-2,5H2,(H,17,18)(H2,15,16,19). The highest BCUT2D eigenvalue weighted by atomic mass is 19.1. The van der Waals surface area contributed by atoms with Crippen molar-refractivity contribution in [2.45, 2.75) is 12.8 Å². The molecule has 0 aliphatic carbocycles. The van der Waals surface area contributed by atoms with E-state index in [1.165, 1.54) is 12.1 Å². The molecular weight excluding hydrogens is 253 g/mol. The lowest BCUT2D eigenvalue weighted by Gasteiger charge is -2.07. The molecule has 0 aliphatic heterocycles. The minimum Gasteiger partial charge on any atom is -0.481 e. The molecule has 0 heterocycles. The number of rotatable bonds is 5. The minimum absolute atomic E-state index is 0.0323. The second-order valence-corrected chi connectivity index (χ2v) is 3.68. The molecule has 0 spiro atoms. The number of nitriles is 1. The van der Waals surface area contributed by atoms with E-state index in [1.807, 2.05) is 0 Å². The first-order valence-electron chi connectivity index (χ1n) is 5.49. The summed E-state index contributed by atoms with van der Waals surface area (Å²) in [7, 11) is 0. The topological polar surface area (TPSA) is 102 Å². The van der Waals surface area contributed by atoms with E-state index in [0.717, 1.165) is 6.07 Å². The van der Waals surface area contributed by atoms with Gasteiger partial charge in [-0.1, -0.05) is 0 Å². The number of hydrogen-bond acceptors (Lipinski definition) is 3. The van der Waals surface area contributed by atoms with E-state index < -0.39 is 17.8 Å². The second-order valence-electron chi connectivity index (χ2n) is 3.68. The molecule has 19 heavy (non-hydrogen) atoms. The van der Waals surface area contributed by atoms with Crippen LogP contribution in [-0.2, 0) is 4.79 Å². The average molecular weight is 265 g/mol. The largest absolute Gasteiger partial charge is 0.481 e. The SMILES string of the molecule is N#Cc1cc(NC(=O)NCCCC(=O)O)ccc1F. The Bertz CT molecular complexity index is 525. The molecule has 1 aromatic carbocycles. The van der Waals surface area contributed by atoms with Crippen molar-refractivity contribution in [2.24, 2.45) is 0 Å². The fourth-order valence-electron chi connectivity index (χ4n) is 1.31. The second kappa shape index (κ2) is 6.96. The van der Waals surface area contributed by atoms with Crippen molar-refractivity contribution in [1.82, 2.24) is 5.32 Å². The lowest BCUT2D eigenvalue weighted by atomic mass is 10.2. The molecule has 6 nitrogen and oxygen atoms in total. The van der Waals surface area contributed by atoms with Crippen LogP contribution < -0.4 is 10.6 Å². The van der Waals surface area contributed by atoms with Gasteiger partial charge in [0.25, 0.3) is 0 Å². The Hall–Kier alpha value is -2.62. The number of urea groups is 1. The first-order valence-corrected chi connectivity index (χ1v) is 5.49. The zero-order valence-corrected chi connectivity index (χ0v) is 9.94. The average Bonchev–Trinajstić information content (AvgIpc) is 2.37. The Labute approximate surface area is 108 Å². The number of benzene rings is 1. The molecule has 0 saturated carbocycles. The van der Waals surface area contributed by atoms with Gasteiger partial charge in [0.05, 0.1) is 5.56 Å². The summed E-state index contributed by atoms with van der Waals surface area (Å²) in [5.41, 5.74) is 0.123. The van der Waals surface area contributed by atoms with Gasteiger partial charge >= 0.3 is 12.0 Å². The lowest BCUT2D eigenvalue weighted by Crippen LogP contribution is -2.29. The molecule has 0 aromatic heterocycles. The van der Waals surface area contributed by atoms with Crippen LogP contribution in [0.15, 0.2) is 18.2 Å². The Balaban J connectivity index is 2.44. The minimum atomic E-state index is -0.931. The summed E-state index contributed by atoms with van der Waals surface area (Å²) in [5, 5.41) is 21.9. The number of halogens is 1. The highest BCUT2D eigenvalue weighted by molar-refractivity contribution is 5.89. The van der Waals surface area contributed by atoms with E-state index in [1.54, 1.807) is 6.07 Å². The van der Waals surface area contributed by atoms with E-state index >= 15 is 0 Å². The molecule has 1 rings (SSSR count). The van der Waals surface area contributed by atoms with Crippen molar-refractivity contribution in [3.63, 3.8) is 0 Å². The van der Waals surface area contributed by atoms with E-state index in [2.05, 4.69) is 10.6 Å². The zero-order chi connectivity index (χ0) is 14.3. The normalized spacial score (nSPS) is 9.47. The molecule has 100 valence electrons. The lowest BCUT2D eigenvalue weighted by molar-refractivity contribution is -0.137. The third-order valence-corrected chi connectivity index (χ3v) is 2.20. The number of aliphatic carboxylic acids is 1. The molecule has 0 radical (unpaired) electrons. The van der Waals surface area contributed by atoms with Gasteiger partial charge in [-0.3, -0.25) is 4.79 Å². The predicted molar refractivity (Wildman–Crippen MR) is 65.0 cm³/mol. The molecule has 0 aliphatic rings. The van der Waals surface area contributed by atoms with Crippen molar-refractivity contribution < 1.29 is 19.1 Å². The predicted octanol–water partition coefficient (Wildman–Crippen LogP) is 1.68. The van der Waals surface area contributed by atoms with Crippen LogP contribution in [0, 0.1) is 17.1 Å². The van der Waals surface area contributed by atoms with Crippen LogP contribution in [0.4, 0.5) is 14.9 Å². The molecule has 0 saturated heterocycles. The molecule has 0 atom stereocenters. The summed E-state index contributed by atoms with van der Waals surface area (Å²) in [5.74, 6) is -1.59. The number of carbonyl (C=O) groups excluding carboxylic acids is 1. The van der Waals surface area contributed by atoms with Crippen LogP contribution in [0.2, 0.25) is 0 Å². The molecule has 3 N–H and O–H groups in total. The summed E-state index contributed by atoms with van der Waals surface area (Å²) in [6.07, 6.45) is 0.283. The van der Waals surface area contributed by atoms with Crippen LogP contribution in [0.1, 0.15) is 18.4 Å². The highest BCUT2D eigenvalue weighted by Crippen LogP contribution is 2.13. The maximum Gasteiger partial charge on any atom is 0.319 e. The molecule has 7 heteroatoms. The van der Waals surface area contributed by atoms with E-state index in [4.69, 9.17) is 10.4 Å². The van der Waals surface area contributed by atoms with Gasteiger partial charge in [-0.15, -0.1) is 0 Å². The van der Waals surface area contributed by atoms with Gasteiger partial charge in [0, 0.05) is 18.7 Å². The Morgan fingerprint density at radius 1 is 1.42 bits per heavy atom. The number of amides is 2. The molecule has 0 bridgehead atoms. The van der Waals surface area contributed by atoms with Crippen LogP contribution >= 0.6 is 0 Å². The van der Waals surface area contributed by atoms with Gasteiger partial charge in [-0.05, 0) is 24.6 Å². The van der Waals surface area contributed by atoms with E-state index in [9.17, 15) is 14.0 Å². The number of carboxylic acid groups (broad SMARTS) is 1. The van der Waals surface area contributed by atoms with Crippen molar-refractivity contribution in [2.75, 3.05) is 11.9 Å². The van der Waals surface area contributed by atoms with Crippen LogP contribution in [0.3, 0.4) is 0 Å². The van der Waals surface area contributed by atoms with Gasteiger partial charge in [-0.25, -0.2) is 9.18 Å². The summed E-state index contributed by atoms with van der Waals surface area (Å²) < 4.78 is 13.0. The van der Waals surface area contributed by atoms with Crippen molar-refractivity contribution >= 4 is 17.7 Å². The molecule has 2 amide bonds. The maximum atomic E-state index is 13.0. The third kappa shape index (κ3) is 5.04. The van der Waals surface area contributed by atoms with Crippen molar-refractivity contribution in [3.8, 4) is 6.07 Å². The number of carboxylic acids is 1. The molecule has 1 aromatic rings. The summed E-state index contributed by atoms with van der Waals surface area (Å²) >= 11 is 0. The number of hydrogen-bond donors (Lipinski definition) is 3. The van der Waals surface area contributed by atoms with Gasteiger partial charge < -0.3 is 15.7 Å². The van der Waals surface area contributed by atoms with E-state index in [0.29, 0.717) is 6.42 Å². The van der Waals surface area contributed by atoms with Crippen LogP contribution in [-0.4, -0.2) is 23.7 Å². The van der Waals surface area contributed by atoms with Gasteiger partial charge in [0.15, 0.2) is 0 Å². The number of carbonyl (C=O) groups is 2. The number of nitrogens with one attached hydrogen (secondary N) is 2. The summed E-state index contributed by atoms with van der Waals surface area (Å²) in [4.78, 5) is 21.6. The van der Waals surface area contributed by atoms with Crippen molar-refractivity contribution in [3.05, 3.63) is 29.6 Å². The van der Waals surface area contributed by atoms with Gasteiger partial charge in [0.1, 0.15) is 11.9 Å². The summed E-state index contributed by atoms with van der Waals surface area (Å²) in [6.45, 7) is 0.213. The molecule has 0 unspecified atom stereocenters. The molecule has 0 fully saturated rings. The maximum absolute atomic E-state index is 13.0. The van der Waals surface area contributed by atoms with Crippen LogP contribution in [0.5, 0.6) is 0 Å². The van der Waals surface area contributed by atoms with Gasteiger partial charge in [0.2, 0.25) is 0 Å². The number of nitrogens with zero attached hydrogens (tertiary/aromatic N) is 1. The summed E-state index contributed by atoms with van der Waals surface area (Å²) in [6, 6.07) is 4.74. The fourth-order valence-corrected chi connectivity index (χ4v) is 1.31. The number of anilines is 1. The van der Waals surface area contributed by atoms with E-state index in [-0.39, 0.29) is 24.2 Å². The quantitative estimate of drug-likeness (QED) is 0.705.